The van der Waals surface area contributed by atoms with Gasteiger partial charge in [-0.3, -0.25) is 0 Å². The molecule has 0 amide bonds. The van der Waals surface area contributed by atoms with Crippen LogP contribution in [0.4, 0.5) is 11.4 Å². The number of anilines is 2. The van der Waals surface area contributed by atoms with Crippen LogP contribution in [0.1, 0.15) is 11.1 Å². The van der Waals surface area contributed by atoms with Gasteiger partial charge in [0.2, 0.25) is 0 Å². The van der Waals surface area contributed by atoms with E-state index in [1.165, 1.54) is 11.1 Å². The summed E-state index contributed by atoms with van der Waals surface area (Å²) in [6.07, 6.45) is 0. The quantitative estimate of drug-likeness (QED) is 0.871. The number of ether oxygens (including phenoxy) is 2. The van der Waals surface area contributed by atoms with Crippen molar-refractivity contribution in [3.8, 4) is 11.5 Å². The molecule has 0 spiro atoms. The molecule has 0 atom stereocenters. The molecule has 0 saturated carbocycles. The molecule has 1 heterocycles. The Labute approximate surface area is 118 Å². The largest absolute Gasteiger partial charge is 0.493 e. The van der Waals surface area contributed by atoms with Gasteiger partial charge >= 0.3 is 0 Å². The third-order valence-electron chi connectivity index (χ3n) is 3.69. The minimum absolute atomic E-state index is 0.747. The smallest absolute Gasteiger partial charge is 0.162 e. The fourth-order valence-electron chi connectivity index (χ4n) is 2.62. The molecule has 104 valence electrons. The lowest BCUT2D eigenvalue weighted by molar-refractivity contribution is 0.355. The first-order chi connectivity index (χ1) is 9.71. The van der Waals surface area contributed by atoms with E-state index in [1.807, 2.05) is 18.2 Å². The molecule has 1 aliphatic rings. The lowest BCUT2D eigenvalue weighted by atomic mass is 10.1. The Bertz CT molecular complexity index is 640. The van der Waals surface area contributed by atoms with Crippen LogP contribution in [-0.4, -0.2) is 14.2 Å². The molecule has 4 heteroatoms. The van der Waals surface area contributed by atoms with E-state index in [9.17, 15) is 0 Å². The van der Waals surface area contributed by atoms with Gasteiger partial charge in [0.15, 0.2) is 11.5 Å². The van der Waals surface area contributed by atoms with Gasteiger partial charge in [-0.2, -0.15) is 0 Å². The van der Waals surface area contributed by atoms with Crippen LogP contribution in [0.5, 0.6) is 11.5 Å². The Morgan fingerprint density at radius 3 is 2.40 bits per heavy atom. The summed E-state index contributed by atoms with van der Waals surface area (Å²) in [7, 11) is 3.30. The maximum absolute atomic E-state index is 5.84. The van der Waals surface area contributed by atoms with Crippen LogP contribution < -0.4 is 20.1 Å². The number of rotatable bonds is 3. The van der Waals surface area contributed by atoms with Gasteiger partial charge in [-0.15, -0.1) is 0 Å². The van der Waals surface area contributed by atoms with Crippen LogP contribution in [-0.2, 0) is 13.1 Å². The first-order valence-corrected chi connectivity index (χ1v) is 6.55. The molecule has 2 N–H and O–H groups in total. The van der Waals surface area contributed by atoms with E-state index in [1.54, 1.807) is 14.2 Å². The summed E-state index contributed by atoms with van der Waals surface area (Å²) < 4.78 is 10.6. The first kappa shape index (κ1) is 12.7. The van der Waals surface area contributed by atoms with Gasteiger partial charge in [0.1, 0.15) is 0 Å². The van der Waals surface area contributed by atoms with Gasteiger partial charge < -0.3 is 20.1 Å². The van der Waals surface area contributed by atoms with Gasteiger partial charge in [-0.25, -0.2) is 0 Å². The number of nitrogens with zero attached hydrogens (tertiary/aromatic N) is 1. The topological polar surface area (TPSA) is 47.7 Å². The van der Waals surface area contributed by atoms with Crippen molar-refractivity contribution in [1.82, 2.24) is 0 Å². The summed E-state index contributed by atoms with van der Waals surface area (Å²) in [4.78, 5) is 2.30. The molecule has 0 aromatic heterocycles. The third-order valence-corrected chi connectivity index (χ3v) is 3.69. The van der Waals surface area contributed by atoms with Crippen LogP contribution in [0.15, 0.2) is 36.4 Å². The lowest BCUT2D eigenvalue weighted by Gasteiger charge is -2.19. The second kappa shape index (κ2) is 4.96. The molecular formula is C16H18N2O2. The van der Waals surface area contributed by atoms with E-state index in [0.29, 0.717) is 0 Å². The highest BCUT2D eigenvalue weighted by molar-refractivity contribution is 5.60. The van der Waals surface area contributed by atoms with E-state index in [0.717, 1.165) is 36.0 Å². The molecule has 0 bridgehead atoms. The Morgan fingerprint density at radius 2 is 1.65 bits per heavy atom. The predicted octanol–water partition coefficient (Wildman–Crippen LogP) is 2.81. The molecular weight excluding hydrogens is 252 g/mol. The number of hydrogen-bond acceptors (Lipinski definition) is 4. The molecule has 2 aromatic rings. The summed E-state index contributed by atoms with van der Waals surface area (Å²) >= 11 is 0. The summed E-state index contributed by atoms with van der Waals surface area (Å²) in [5.41, 5.74) is 10.4. The monoisotopic (exact) mass is 270 g/mol. The van der Waals surface area contributed by atoms with Gasteiger partial charge in [-0.1, -0.05) is 6.07 Å². The van der Waals surface area contributed by atoms with Crippen molar-refractivity contribution in [3.05, 3.63) is 47.5 Å². The molecule has 20 heavy (non-hydrogen) atoms. The number of nitrogens with two attached hydrogens (primary N) is 1. The standard InChI is InChI=1S/C16H18N2O2/c1-19-15-6-5-14(8-16(15)20-2)18-9-11-3-4-13(17)7-12(11)10-18/h3-8H,9-10,17H2,1-2H3. The van der Waals surface area contributed by atoms with E-state index >= 15 is 0 Å². The fraction of sp³-hybridized carbons (Fsp3) is 0.250. The van der Waals surface area contributed by atoms with E-state index in [2.05, 4.69) is 23.1 Å². The Morgan fingerprint density at radius 1 is 0.900 bits per heavy atom. The highest BCUT2D eigenvalue weighted by Gasteiger charge is 2.20. The molecule has 1 aliphatic heterocycles. The van der Waals surface area contributed by atoms with E-state index in [-0.39, 0.29) is 0 Å². The molecule has 0 radical (unpaired) electrons. The minimum Gasteiger partial charge on any atom is -0.493 e. The molecule has 0 aliphatic carbocycles. The number of hydrogen-bond donors (Lipinski definition) is 1. The van der Waals surface area contributed by atoms with Crippen LogP contribution in [0, 0.1) is 0 Å². The normalized spacial score (nSPS) is 13.2. The Balaban J connectivity index is 1.89. The highest BCUT2D eigenvalue weighted by atomic mass is 16.5. The van der Waals surface area contributed by atoms with Crippen molar-refractivity contribution in [1.29, 1.82) is 0 Å². The molecule has 4 nitrogen and oxygen atoms in total. The van der Waals surface area contributed by atoms with Crippen molar-refractivity contribution in [2.24, 2.45) is 0 Å². The maximum Gasteiger partial charge on any atom is 0.162 e. The second-order valence-electron chi connectivity index (χ2n) is 4.92. The summed E-state index contributed by atoms with van der Waals surface area (Å²) in [5.74, 6) is 1.50. The van der Waals surface area contributed by atoms with Crippen molar-refractivity contribution in [3.63, 3.8) is 0 Å². The molecule has 0 fully saturated rings. The van der Waals surface area contributed by atoms with Crippen LogP contribution in [0.3, 0.4) is 0 Å². The van der Waals surface area contributed by atoms with Crippen molar-refractivity contribution in [2.45, 2.75) is 13.1 Å². The number of methoxy groups -OCH3 is 2. The zero-order valence-corrected chi connectivity index (χ0v) is 11.7. The average molecular weight is 270 g/mol. The van der Waals surface area contributed by atoms with E-state index < -0.39 is 0 Å². The highest BCUT2D eigenvalue weighted by Crippen LogP contribution is 2.35. The van der Waals surface area contributed by atoms with Crippen LogP contribution in [0.2, 0.25) is 0 Å². The number of nitrogen functional groups attached to an aromatic ring is 1. The summed E-state index contributed by atoms with van der Waals surface area (Å²) in [6.45, 7) is 1.76. The van der Waals surface area contributed by atoms with Gasteiger partial charge in [-0.05, 0) is 35.4 Å². The van der Waals surface area contributed by atoms with E-state index in [4.69, 9.17) is 15.2 Å². The van der Waals surface area contributed by atoms with Gasteiger partial charge in [0.25, 0.3) is 0 Å². The van der Waals surface area contributed by atoms with Crippen LogP contribution in [0.25, 0.3) is 0 Å². The van der Waals surface area contributed by atoms with Crippen molar-refractivity contribution < 1.29 is 9.47 Å². The minimum atomic E-state index is 0.747. The summed E-state index contributed by atoms with van der Waals surface area (Å²) in [6, 6.07) is 12.1. The molecule has 0 unspecified atom stereocenters. The lowest BCUT2D eigenvalue weighted by Crippen LogP contribution is -2.14. The van der Waals surface area contributed by atoms with Crippen molar-refractivity contribution in [2.75, 3.05) is 24.9 Å². The molecule has 3 rings (SSSR count). The Kier molecular flexibility index (Phi) is 3.14. The maximum atomic E-state index is 5.84. The predicted molar refractivity (Wildman–Crippen MR) is 80.3 cm³/mol. The zero-order valence-electron chi connectivity index (χ0n) is 11.7. The Hall–Kier alpha value is -2.36. The SMILES string of the molecule is COc1ccc(N2Cc3ccc(N)cc3C2)cc1OC. The zero-order chi connectivity index (χ0) is 14.1. The number of fused-ring (bicyclic) bond motifs is 1. The third kappa shape index (κ3) is 2.13. The first-order valence-electron chi connectivity index (χ1n) is 6.55. The van der Waals surface area contributed by atoms with Gasteiger partial charge in [0.05, 0.1) is 14.2 Å². The fourth-order valence-corrected chi connectivity index (χ4v) is 2.62. The second-order valence-corrected chi connectivity index (χ2v) is 4.92. The number of benzene rings is 2. The molecule has 0 saturated heterocycles. The summed E-state index contributed by atoms with van der Waals surface area (Å²) in [5, 5.41) is 0. The van der Waals surface area contributed by atoms with Gasteiger partial charge in [0, 0.05) is 30.5 Å². The molecule has 2 aromatic carbocycles. The average Bonchev–Trinajstić information content (AvgIpc) is 2.89. The van der Waals surface area contributed by atoms with Crippen molar-refractivity contribution >= 4 is 11.4 Å². The van der Waals surface area contributed by atoms with Crippen LogP contribution >= 0.6 is 0 Å².